The van der Waals surface area contributed by atoms with Crippen molar-refractivity contribution in [3.8, 4) is 0 Å². The number of sulfonamides is 1. The Labute approximate surface area is 213 Å². The fourth-order valence-electron chi connectivity index (χ4n) is 4.14. The molecule has 2 amide bonds. The number of pyridine rings is 1. The van der Waals surface area contributed by atoms with E-state index in [0.29, 0.717) is 16.5 Å². The normalized spacial score (nSPS) is 19.4. The lowest BCUT2D eigenvalue weighted by Crippen LogP contribution is -2.55. The zero-order valence-electron chi connectivity index (χ0n) is 19.6. The monoisotopic (exact) mass is 550 g/mol. The molecule has 0 fully saturated rings. The molecule has 1 unspecified atom stereocenters. The van der Waals surface area contributed by atoms with Crippen molar-refractivity contribution in [2.24, 2.45) is 0 Å². The maximum Gasteiger partial charge on any atom is 0.243 e. The predicted molar refractivity (Wildman–Crippen MR) is 135 cm³/mol. The third kappa shape index (κ3) is 4.57. The molecule has 0 radical (unpaired) electrons. The van der Waals surface area contributed by atoms with E-state index in [9.17, 15) is 26.4 Å². The highest BCUT2D eigenvalue weighted by Crippen LogP contribution is 2.40. The number of sulfone groups is 1. The molecule has 36 heavy (non-hydrogen) atoms. The molecule has 0 aliphatic carbocycles. The summed E-state index contributed by atoms with van der Waals surface area (Å²) in [6, 6.07) is 8.63. The summed E-state index contributed by atoms with van der Waals surface area (Å²) < 4.78 is 51.3. The number of fused-ring (bicyclic) bond motifs is 2. The van der Waals surface area contributed by atoms with E-state index in [1.165, 1.54) is 49.8 Å². The standard InChI is InChI=1S/C23H23ClN4O6S2/c1-23(13-28(12-21(29)25-2)36(33,34)20-7-4-15(24)9-18(20)23)22(30)27-19-11-26-10-14-8-16(35(3,31)32)5-6-17(14)19/h4-11H,12-13H2,1-3H3,(H,25,29)(H,27,30). The Morgan fingerprint density at radius 1 is 1.17 bits per heavy atom. The van der Waals surface area contributed by atoms with E-state index >= 15 is 0 Å². The molecule has 2 N–H and O–H groups in total. The number of nitrogens with zero attached hydrogens (tertiary/aromatic N) is 2. The first kappa shape index (κ1) is 26.0. The maximum atomic E-state index is 13.7. The van der Waals surface area contributed by atoms with E-state index in [-0.39, 0.29) is 26.9 Å². The van der Waals surface area contributed by atoms with Crippen LogP contribution in [0.2, 0.25) is 5.02 Å². The maximum absolute atomic E-state index is 13.7. The first-order valence-corrected chi connectivity index (χ1v) is 14.4. The number of carbonyl (C=O) groups is 2. The second kappa shape index (κ2) is 9.11. The van der Waals surface area contributed by atoms with Gasteiger partial charge in [-0.15, -0.1) is 0 Å². The fraction of sp³-hybridized carbons (Fsp3) is 0.261. The highest BCUT2D eigenvalue weighted by Gasteiger charge is 2.48. The number of benzene rings is 2. The predicted octanol–water partition coefficient (Wildman–Crippen LogP) is 1.94. The smallest absolute Gasteiger partial charge is 0.243 e. The fourth-order valence-corrected chi connectivity index (χ4v) is 6.76. The molecule has 10 nitrogen and oxygen atoms in total. The molecule has 0 saturated carbocycles. The third-order valence-corrected chi connectivity index (χ3v) is 9.35. The highest BCUT2D eigenvalue weighted by molar-refractivity contribution is 7.90. The largest absolute Gasteiger partial charge is 0.358 e. The molecule has 1 aliphatic heterocycles. The summed E-state index contributed by atoms with van der Waals surface area (Å²) in [6.45, 7) is 0.801. The van der Waals surface area contributed by atoms with Crippen LogP contribution in [-0.4, -0.2) is 64.3 Å². The zero-order valence-corrected chi connectivity index (χ0v) is 22.0. The first-order valence-electron chi connectivity index (χ1n) is 10.7. The van der Waals surface area contributed by atoms with Gasteiger partial charge in [-0.3, -0.25) is 14.6 Å². The summed E-state index contributed by atoms with van der Waals surface area (Å²) in [6.07, 6.45) is 4.00. The Bertz CT molecular complexity index is 1620. The molecule has 13 heteroatoms. The average Bonchev–Trinajstić information content (AvgIpc) is 2.81. The molecule has 4 rings (SSSR count). The number of anilines is 1. The summed E-state index contributed by atoms with van der Waals surface area (Å²) in [5.74, 6) is -1.08. The van der Waals surface area contributed by atoms with Crippen LogP contribution in [0.25, 0.3) is 10.8 Å². The van der Waals surface area contributed by atoms with Gasteiger partial charge in [-0.05, 0) is 42.8 Å². The van der Waals surface area contributed by atoms with Gasteiger partial charge in [-0.25, -0.2) is 16.8 Å². The quantitative estimate of drug-likeness (QED) is 0.494. The zero-order chi connectivity index (χ0) is 26.5. The van der Waals surface area contributed by atoms with Crippen LogP contribution in [0.3, 0.4) is 0 Å². The van der Waals surface area contributed by atoms with Crippen LogP contribution in [0, 0.1) is 0 Å². The molecule has 1 aromatic heterocycles. The van der Waals surface area contributed by atoms with Crippen molar-refractivity contribution in [1.82, 2.24) is 14.6 Å². The van der Waals surface area contributed by atoms with Gasteiger partial charge in [0.1, 0.15) is 0 Å². The third-order valence-electron chi connectivity index (χ3n) is 6.15. The van der Waals surface area contributed by atoms with Crippen molar-refractivity contribution in [2.45, 2.75) is 22.1 Å². The first-order chi connectivity index (χ1) is 16.8. The Hall–Kier alpha value is -3.06. The van der Waals surface area contributed by atoms with Gasteiger partial charge in [0.25, 0.3) is 0 Å². The number of carbonyl (C=O) groups excluding carboxylic acids is 2. The van der Waals surface area contributed by atoms with Gasteiger partial charge in [0.2, 0.25) is 21.8 Å². The summed E-state index contributed by atoms with van der Waals surface area (Å²) in [5, 5.41) is 6.51. The Morgan fingerprint density at radius 3 is 2.56 bits per heavy atom. The van der Waals surface area contributed by atoms with E-state index < -0.39 is 43.6 Å². The molecule has 3 aromatic rings. The van der Waals surface area contributed by atoms with E-state index in [4.69, 9.17) is 11.6 Å². The second-order valence-corrected chi connectivity index (χ2v) is 13.1. The average molecular weight is 551 g/mol. The number of nitrogens with one attached hydrogen (secondary N) is 2. The van der Waals surface area contributed by atoms with Crippen molar-refractivity contribution >= 4 is 59.7 Å². The van der Waals surface area contributed by atoms with Gasteiger partial charge < -0.3 is 10.6 Å². The summed E-state index contributed by atoms with van der Waals surface area (Å²) in [5.41, 5.74) is -0.907. The number of hydrogen-bond acceptors (Lipinski definition) is 7. The molecular formula is C23H23ClN4O6S2. The molecule has 2 aromatic carbocycles. The number of aromatic nitrogens is 1. The lowest BCUT2D eigenvalue weighted by Gasteiger charge is -2.40. The molecule has 1 atom stereocenters. The second-order valence-electron chi connectivity index (χ2n) is 8.72. The van der Waals surface area contributed by atoms with Gasteiger partial charge in [-0.1, -0.05) is 17.7 Å². The van der Waals surface area contributed by atoms with Crippen molar-refractivity contribution in [1.29, 1.82) is 0 Å². The minimum absolute atomic E-state index is 0.109. The van der Waals surface area contributed by atoms with Crippen molar-refractivity contribution in [3.63, 3.8) is 0 Å². The topological polar surface area (TPSA) is 143 Å². The van der Waals surface area contributed by atoms with Crippen LogP contribution in [0.5, 0.6) is 0 Å². The van der Waals surface area contributed by atoms with Crippen molar-refractivity contribution in [2.75, 3.05) is 31.7 Å². The summed E-state index contributed by atoms with van der Waals surface area (Å²) >= 11 is 6.17. The minimum atomic E-state index is -4.07. The van der Waals surface area contributed by atoms with Crippen LogP contribution in [-0.2, 0) is 34.9 Å². The van der Waals surface area contributed by atoms with E-state index in [0.717, 1.165) is 10.6 Å². The number of likely N-dealkylation sites (N-methyl/N-ethyl adjacent to an activating group) is 1. The number of amides is 2. The van der Waals surface area contributed by atoms with E-state index in [1.807, 2.05) is 0 Å². The van der Waals surface area contributed by atoms with Gasteiger partial charge in [0.05, 0.1) is 33.6 Å². The molecule has 2 heterocycles. The van der Waals surface area contributed by atoms with Gasteiger partial charge >= 0.3 is 0 Å². The van der Waals surface area contributed by atoms with Crippen LogP contribution in [0.15, 0.2) is 58.6 Å². The van der Waals surface area contributed by atoms with Crippen molar-refractivity contribution < 1.29 is 26.4 Å². The molecule has 0 bridgehead atoms. The Balaban J connectivity index is 1.80. The van der Waals surface area contributed by atoms with E-state index in [2.05, 4.69) is 15.6 Å². The lowest BCUT2D eigenvalue weighted by molar-refractivity contribution is -0.124. The molecule has 190 valence electrons. The minimum Gasteiger partial charge on any atom is -0.358 e. The van der Waals surface area contributed by atoms with Gasteiger partial charge in [-0.2, -0.15) is 4.31 Å². The molecule has 0 spiro atoms. The number of rotatable bonds is 5. The Kier molecular flexibility index (Phi) is 6.58. The molecular weight excluding hydrogens is 528 g/mol. The molecule has 1 aliphatic rings. The van der Waals surface area contributed by atoms with Crippen LogP contribution in [0.4, 0.5) is 5.69 Å². The van der Waals surface area contributed by atoms with Crippen LogP contribution in [0.1, 0.15) is 12.5 Å². The highest BCUT2D eigenvalue weighted by atomic mass is 35.5. The number of hydrogen-bond donors (Lipinski definition) is 2. The number of halogens is 1. The van der Waals surface area contributed by atoms with Gasteiger partial charge in [0.15, 0.2) is 9.84 Å². The van der Waals surface area contributed by atoms with Gasteiger partial charge in [0, 0.05) is 41.8 Å². The summed E-state index contributed by atoms with van der Waals surface area (Å²) in [7, 11) is -6.13. The van der Waals surface area contributed by atoms with Crippen LogP contribution < -0.4 is 10.6 Å². The van der Waals surface area contributed by atoms with Crippen molar-refractivity contribution in [3.05, 3.63) is 59.4 Å². The van der Waals surface area contributed by atoms with Crippen LogP contribution >= 0.6 is 11.6 Å². The SMILES string of the molecule is CNC(=O)CN1CC(C)(C(=O)Nc2cncc3cc(S(C)(=O)=O)ccc23)c2cc(Cl)ccc2S1(=O)=O. The molecule has 0 saturated heterocycles. The van der Waals surface area contributed by atoms with E-state index in [1.54, 1.807) is 13.0 Å². The Morgan fingerprint density at radius 2 is 1.89 bits per heavy atom. The summed E-state index contributed by atoms with van der Waals surface area (Å²) in [4.78, 5) is 29.9. The lowest BCUT2D eigenvalue weighted by atomic mass is 9.80.